The minimum absolute atomic E-state index is 0.0555. The topological polar surface area (TPSA) is 54.4 Å². The zero-order valence-electron chi connectivity index (χ0n) is 19.6. The van der Waals surface area contributed by atoms with Gasteiger partial charge in [-0.1, -0.05) is 67.8 Å². The Balaban J connectivity index is 1.58. The minimum atomic E-state index is -0.331. The summed E-state index contributed by atoms with van der Waals surface area (Å²) in [7, 11) is 0. The molecule has 0 spiro atoms. The van der Waals surface area contributed by atoms with Crippen molar-refractivity contribution < 1.29 is 14.3 Å². The third-order valence-corrected chi connectivity index (χ3v) is 5.53. The lowest BCUT2D eigenvalue weighted by Crippen LogP contribution is -2.28. The Morgan fingerprint density at radius 3 is 2.06 bits per heavy atom. The summed E-state index contributed by atoms with van der Waals surface area (Å²) in [5.74, 6) is 1.45. The number of hydrogen-bond acceptors (Lipinski definition) is 5. The first-order valence-corrected chi connectivity index (χ1v) is 11.5. The first-order valence-electron chi connectivity index (χ1n) is 11.5. The Morgan fingerprint density at radius 1 is 0.857 bits per heavy atom. The molecule has 1 heterocycles. The van der Waals surface area contributed by atoms with E-state index in [2.05, 4.69) is 35.3 Å². The van der Waals surface area contributed by atoms with E-state index in [9.17, 15) is 4.79 Å². The minimum Gasteiger partial charge on any atom is -0.490 e. The molecule has 3 aromatic carbocycles. The van der Waals surface area contributed by atoms with Crippen LogP contribution in [0, 0.1) is 0 Å². The average Bonchev–Trinajstić information content (AvgIpc) is 3.20. The fraction of sp³-hybridized carbons (Fsp3) is 0.172. The molecular formula is C29H29N3O3. The molecular weight excluding hydrogens is 438 g/mol. The molecule has 1 aliphatic rings. The number of benzene rings is 3. The van der Waals surface area contributed by atoms with E-state index in [4.69, 9.17) is 9.47 Å². The fourth-order valence-corrected chi connectivity index (χ4v) is 3.89. The van der Waals surface area contributed by atoms with E-state index in [1.165, 1.54) is 0 Å². The van der Waals surface area contributed by atoms with E-state index >= 15 is 0 Å². The average molecular weight is 468 g/mol. The van der Waals surface area contributed by atoms with Gasteiger partial charge in [-0.25, -0.2) is 5.01 Å². The van der Waals surface area contributed by atoms with Crippen molar-refractivity contribution in [3.8, 4) is 11.5 Å². The molecule has 1 fully saturated rings. The molecule has 0 aromatic heterocycles. The van der Waals surface area contributed by atoms with Crippen LogP contribution in [0.4, 0.5) is 0 Å². The van der Waals surface area contributed by atoms with Crippen LogP contribution in [0.1, 0.15) is 22.9 Å². The first-order chi connectivity index (χ1) is 17.2. The molecule has 0 aliphatic carbocycles. The summed E-state index contributed by atoms with van der Waals surface area (Å²) in [5.41, 5.74) is 2.97. The van der Waals surface area contributed by atoms with Crippen molar-refractivity contribution in [2.45, 2.75) is 12.7 Å². The maximum absolute atomic E-state index is 13.1. The molecule has 0 saturated carbocycles. The van der Waals surface area contributed by atoms with Crippen molar-refractivity contribution in [2.75, 3.05) is 19.8 Å². The normalized spacial score (nSPS) is 15.9. The van der Waals surface area contributed by atoms with Crippen molar-refractivity contribution in [3.05, 3.63) is 121 Å². The number of hydrazone groups is 1. The van der Waals surface area contributed by atoms with Gasteiger partial charge < -0.3 is 9.47 Å². The number of ether oxygens (including phenoxy) is 2. The number of rotatable bonds is 11. The predicted octanol–water partition coefficient (Wildman–Crippen LogP) is 5.19. The molecule has 3 aromatic rings. The highest BCUT2D eigenvalue weighted by molar-refractivity contribution is 5.84. The zero-order chi connectivity index (χ0) is 24.5. The van der Waals surface area contributed by atoms with Gasteiger partial charge in [0.2, 0.25) is 0 Å². The second-order valence-corrected chi connectivity index (χ2v) is 8.08. The number of nitrogens with zero attached hydrogens (tertiary/aromatic N) is 3. The number of amides is 1. The molecule has 1 atom stereocenters. The van der Waals surface area contributed by atoms with E-state index in [-0.39, 0.29) is 18.6 Å². The summed E-state index contributed by atoms with van der Waals surface area (Å²) in [6.45, 7) is 9.14. The molecule has 1 aliphatic heterocycles. The highest BCUT2D eigenvalue weighted by Gasteiger charge is 2.39. The van der Waals surface area contributed by atoms with Gasteiger partial charge in [0.25, 0.3) is 5.91 Å². The molecule has 6 nitrogen and oxygen atoms in total. The zero-order valence-corrected chi connectivity index (χ0v) is 19.6. The van der Waals surface area contributed by atoms with Gasteiger partial charge in [-0.05, 0) is 53.1 Å². The van der Waals surface area contributed by atoms with Gasteiger partial charge in [0.05, 0.1) is 12.8 Å². The summed E-state index contributed by atoms with van der Waals surface area (Å²) in [6.07, 6.45) is 4.78. The smallest absolute Gasteiger partial charge is 0.258 e. The first kappa shape index (κ1) is 24.0. The van der Waals surface area contributed by atoms with Gasteiger partial charge in [-0.15, -0.1) is 0 Å². The SMILES string of the molecule is C=CCOc1ccc(/C=N\N2C(=O)CN(Cc3ccccc3)[C@H]2c2ccc(OCC=C)cc2)cc1. The Labute approximate surface area is 206 Å². The van der Waals surface area contributed by atoms with Crippen LogP contribution in [-0.4, -0.2) is 41.8 Å². The van der Waals surface area contributed by atoms with Gasteiger partial charge in [0, 0.05) is 6.54 Å². The summed E-state index contributed by atoms with van der Waals surface area (Å²) in [4.78, 5) is 15.2. The van der Waals surface area contributed by atoms with Crippen molar-refractivity contribution in [1.29, 1.82) is 0 Å². The van der Waals surface area contributed by atoms with E-state index < -0.39 is 0 Å². The van der Waals surface area contributed by atoms with Gasteiger partial charge in [-0.2, -0.15) is 5.10 Å². The predicted molar refractivity (Wildman–Crippen MR) is 138 cm³/mol. The largest absolute Gasteiger partial charge is 0.490 e. The van der Waals surface area contributed by atoms with Crippen molar-refractivity contribution in [2.24, 2.45) is 5.10 Å². The lowest BCUT2D eigenvalue weighted by atomic mass is 10.1. The number of carbonyl (C=O) groups excluding carboxylic acids is 1. The monoisotopic (exact) mass is 467 g/mol. The van der Waals surface area contributed by atoms with Crippen LogP contribution >= 0.6 is 0 Å². The molecule has 1 saturated heterocycles. The van der Waals surface area contributed by atoms with Crippen LogP contribution in [0.5, 0.6) is 11.5 Å². The van der Waals surface area contributed by atoms with Crippen LogP contribution < -0.4 is 9.47 Å². The molecule has 0 bridgehead atoms. The van der Waals surface area contributed by atoms with E-state index in [0.29, 0.717) is 19.8 Å². The molecule has 4 rings (SSSR count). The second-order valence-electron chi connectivity index (χ2n) is 8.08. The van der Waals surface area contributed by atoms with Gasteiger partial charge in [0.1, 0.15) is 30.9 Å². The van der Waals surface area contributed by atoms with Crippen LogP contribution in [0.25, 0.3) is 0 Å². The third-order valence-electron chi connectivity index (χ3n) is 5.53. The van der Waals surface area contributed by atoms with E-state index in [1.54, 1.807) is 23.4 Å². The maximum Gasteiger partial charge on any atom is 0.258 e. The van der Waals surface area contributed by atoms with Crippen LogP contribution in [0.2, 0.25) is 0 Å². The van der Waals surface area contributed by atoms with Gasteiger partial charge in [0.15, 0.2) is 0 Å². The van der Waals surface area contributed by atoms with Crippen LogP contribution in [-0.2, 0) is 11.3 Å². The Morgan fingerprint density at radius 2 is 1.46 bits per heavy atom. The fourth-order valence-electron chi connectivity index (χ4n) is 3.89. The highest BCUT2D eigenvalue weighted by Crippen LogP contribution is 2.33. The molecule has 0 N–H and O–H groups in total. The summed E-state index contributed by atoms with van der Waals surface area (Å²) >= 11 is 0. The maximum atomic E-state index is 13.1. The van der Waals surface area contributed by atoms with Crippen molar-refractivity contribution >= 4 is 12.1 Å². The molecule has 1 amide bonds. The highest BCUT2D eigenvalue weighted by atomic mass is 16.5. The van der Waals surface area contributed by atoms with Gasteiger partial charge in [-0.3, -0.25) is 9.69 Å². The molecule has 6 heteroatoms. The summed E-state index contributed by atoms with van der Waals surface area (Å²) in [5, 5.41) is 6.16. The molecule has 35 heavy (non-hydrogen) atoms. The molecule has 178 valence electrons. The number of carbonyl (C=O) groups is 1. The number of hydrogen-bond donors (Lipinski definition) is 0. The van der Waals surface area contributed by atoms with Gasteiger partial charge >= 0.3 is 0 Å². The molecule has 0 radical (unpaired) electrons. The van der Waals surface area contributed by atoms with Crippen LogP contribution in [0.15, 0.2) is 109 Å². The summed E-state index contributed by atoms with van der Waals surface area (Å²) < 4.78 is 11.2. The molecule has 0 unspecified atom stereocenters. The third kappa shape index (κ3) is 6.25. The van der Waals surface area contributed by atoms with E-state index in [0.717, 1.165) is 28.2 Å². The van der Waals surface area contributed by atoms with E-state index in [1.807, 2.05) is 66.7 Å². The van der Waals surface area contributed by atoms with Crippen molar-refractivity contribution in [1.82, 2.24) is 9.91 Å². The van der Waals surface area contributed by atoms with Crippen molar-refractivity contribution in [3.63, 3.8) is 0 Å². The standard InChI is InChI=1S/C29H29N3O3/c1-3-18-34-26-14-10-23(11-15-26)20-30-32-28(33)22-31(21-24-8-6-5-7-9-24)29(32)25-12-16-27(17-13-25)35-19-4-2/h3-17,20,29H,1-2,18-19,21-22H2/b30-20-/t29-/m1/s1. The summed E-state index contributed by atoms with van der Waals surface area (Å²) in [6, 6.07) is 25.5. The Bertz CT molecular complexity index is 1160. The quantitative estimate of drug-likeness (QED) is 0.288. The van der Waals surface area contributed by atoms with Crippen LogP contribution in [0.3, 0.4) is 0 Å². The Kier molecular flexibility index (Phi) is 8.09. The Hall–Kier alpha value is -4.16. The lowest BCUT2D eigenvalue weighted by molar-refractivity contribution is -0.128. The second kappa shape index (κ2) is 11.8. The lowest BCUT2D eigenvalue weighted by Gasteiger charge is -2.27.